The Bertz CT molecular complexity index is 697. The van der Waals surface area contributed by atoms with E-state index in [0.29, 0.717) is 12.5 Å². The maximum absolute atomic E-state index is 13.0. The number of aromatic nitrogens is 3. The number of primary amides is 1. The Hall–Kier alpha value is -1.89. The van der Waals surface area contributed by atoms with Crippen LogP contribution in [0.15, 0.2) is 29.4 Å². The first-order valence-corrected chi connectivity index (χ1v) is 8.56. The van der Waals surface area contributed by atoms with Crippen LogP contribution in [-0.2, 0) is 11.3 Å². The summed E-state index contributed by atoms with van der Waals surface area (Å²) in [5.74, 6) is 0.820. The van der Waals surface area contributed by atoms with Gasteiger partial charge in [0, 0.05) is 24.1 Å². The fourth-order valence-electron chi connectivity index (χ4n) is 2.42. The first kappa shape index (κ1) is 16.0. The van der Waals surface area contributed by atoms with E-state index >= 15 is 0 Å². The van der Waals surface area contributed by atoms with Crippen molar-refractivity contribution in [2.75, 3.05) is 0 Å². The Morgan fingerprint density at radius 3 is 2.70 bits per heavy atom. The molecule has 5 nitrogen and oxygen atoms in total. The number of carbonyl (C=O) groups excluding carboxylic acids is 1. The number of halogens is 1. The lowest BCUT2D eigenvalue weighted by Gasteiger charge is -2.13. The van der Waals surface area contributed by atoms with E-state index in [-0.39, 0.29) is 23.4 Å². The second kappa shape index (κ2) is 6.70. The summed E-state index contributed by atoms with van der Waals surface area (Å²) in [6, 6.07) is 6.47. The predicted octanol–water partition coefficient (Wildman–Crippen LogP) is 3.02. The van der Waals surface area contributed by atoms with E-state index in [1.165, 1.54) is 12.1 Å². The van der Waals surface area contributed by atoms with Crippen LogP contribution in [0.4, 0.5) is 4.39 Å². The third kappa shape index (κ3) is 3.90. The number of hydrogen-bond acceptors (Lipinski definition) is 4. The third-order valence-electron chi connectivity index (χ3n) is 3.89. The van der Waals surface area contributed by atoms with Crippen LogP contribution in [0.2, 0.25) is 0 Å². The first-order chi connectivity index (χ1) is 11.0. The predicted molar refractivity (Wildman–Crippen MR) is 86.5 cm³/mol. The zero-order chi connectivity index (χ0) is 16.4. The van der Waals surface area contributed by atoms with Crippen molar-refractivity contribution in [2.24, 2.45) is 5.73 Å². The van der Waals surface area contributed by atoms with Crippen LogP contribution >= 0.6 is 11.8 Å². The molecule has 0 aliphatic heterocycles. The Labute approximate surface area is 138 Å². The zero-order valence-corrected chi connectivity index (χ0v) is 13.7. The molecule has 1 aromatic heterocycles. The van der Waals surface area contributed by atoms with Gasteiger partial charge in [0.1, 0.15) is 11.6 Å². The molecule has 23 heavy (non-hydrogen) atoms. The Morgan fingerprint density at radius 2 is 2.09 bits per heavy atom. The van der Waals surface area contributed by atoms with Gasteiger partial charge in [-0.05, 0) is 37.5 Å². The molecule has 0 saturated heterocycles. The molecule has 0 spiro atoms. The lowest BCUT2D eigenvalue weighted by Crippen LogP contribution is -2.15. The van der Waals surface area contributed by atoms with Crippen molar-refractivity contribution in [1.82, 2.24) is 14.8 Å². The topological polar surface area (TPSA) is 73.8 Å². The highest BCUT2D eigenvalue weighted by atomic mass is 32.2. The normalized spacial score (nSPS) is 15.6. The molecule has 2 N–H and O–H groups in total. The van der Waals surface area contributed by atoms with Crippen LogP contribution in [0, 0.1) is 5.82 Å². The standard InChI is InChI=1S/C16H19FN4OS/c1-10(11-4-6-13(17)7-5-11)23-16-20-19-15(12-2-3-12)21(16)9-8-14(18)22/h4-7,10,12H,2-3,8-9H2,1H3,(H2,18,22). The quantitative estimate of drug-likeness (QED) is 0.790. The summed E-state index contributed by atoms with van der Waals surface area (Å²) >= 11 is 1.56. The van der Waals surface area contributed by atoms with Crippen LogP contribution < -0.4 is 5.73 Å². The summed E-state index contributed by atoms with van der Waals surface area (Å²) < 4.78 is 15.0. The number of thioether (sulfide) groups is 1. The minimum atomic E-state index is -0.331. The van der Waals surface area contributed by atoms with Crippen molar-refractivity contribution in [3.63, 3.8) is 0 Å². The lowest BCUT2D eigenvalue weighted by atomic mass is 10.2. The van der Waals surface area contributed by atoms with Gasteiger partial charge in [-0.1, -0.05) is 23.9 Å². The summed E-state index contributed by atoms with van der Waals surface area (Å²) in [6.07, 6.45) is 2.51. The summed E-state index contributed by atoms with van der Waals surface area (Å²) in [5, 5.41) is 9.48. The Balaban J connectivity index is 1.78. The van der Waals surface area contributed by atoms with Gasteiger partial charge < -0.3 is 10.3 Å². The zero-order valence-electron chi connectivity index (χ0n) is 12.9. The van der Waals surface area contributed by atoms with Gasteiger partial charge in [0.05, 0.1) is 0 Å². The molecular formula is C16H19FN4OS. The summed E-state index contributed by atoms with van der Waals surface area (Å²) in [4.78, 5) is 11.1. The van der Waals surface area contributed by atoms with Crippen molar-refractivity contribution >= 4 is 17.7 Å². The second-order valence-corrected chi connectivity index (χ2v) is 7.10. The monoisotopic (exact) mass is 334 g/mol. The molecule has 0 radical (unpaired) electrons. The van der Waals surface area contributed by atoms with Crippen LogP contribution in [0.25, 0.3) is 0 Å². The number of nitrogens with zero attached hydrogens (tertiary/aromatic N) is 3. The summed E-state index contributed by atoms with van der Waals surface area (Å²) in [7, 11) is 0. The highest BCUT2D eigenvalue weighted by Crippen LogP contribution is 2.41. The molecule has 7 heteroatoms. The molecule has 1 amide bonds. The fourth-order valence-corrected chi connectivity index (χ4v) is 3.43. The molecule has 1 aliphatic rings. The number of nitrogens with two attached hydrogens (primary N) is 1. The summed E-state index contributed by atoms with van der Waals surface area (Å²) in [5.41, 5.74) is 6.29. The van der Waals surface area contributed by atoms with Crippen molar-refractivity contribution in [2.45, 2.75) is 49.1 Å². The largest absolute Gasteiger partial charge is 0.370 e. The van der Waals surface area contributed by atoms with E-state index in [1.807, 2.05) is 11.5 Å². The maximum atomic E-state index is 13.0. The molecule has 0 bridgehead atoms. The average Bonchev–Trinajstić information content (AvgIpc) is 3.28. The number of carbonyl (C=O) groups is 1. The number of hydrogen-bond donors (Lipinski definition) is 1. The van der Waals surface area contributed by atoms with Gasteiger partial charge in [-0.2, -0.15) is 0 Å². The van der Waals surface area contributed by atoms with E-state index in [2.05, 4.69) is 10.2 Å². The second-order valence-electron chi connectivity index (χ2n) is 5.79. The molecule has 1 aromatic carbocycles. The van der Waals surface area contributed by atoms with Crippen molar-refractivity contribution in [3.8, 4) is 0 Å². The van der Waals surface area contributed by atoms with E-state index in [4.69, 9.17) is 5.73 Å². The lowest BCUT2D eigenvalue weighted by molar-refractivity contribution is -0.118. The van der Waals surface area contributed by atoms with Crippen molar-refractivity contribution in [1.29, 1.82) is 0 Å². The van der Waals surface area contributed by atoms with Crippen LogP contribution in [0.5, 0.6) is 0 Å². The number of rotatable bonds is 7. The van der Waals surface area contributed by atoms with Gasteiger partial charge in [0.15, 0.2) is 5.16 Å². The minimum absolute atomic E-state index is 0.110. The van der Waals surface area contributed by atoms with Crippen LogP contribution in [0.3, 0.4) is 0 Å². The molecule has 1 saturated carbocycles. The van der Waals surface area contributed by atoms with Gasteiger partial charge in [0.2, 0.25) is 5.91 Å². The molecule has 122 valence electrons. The van der Waals surface area contributed by atoms with Crippen LogP contribution in [-0.4, -0.2) is 20.7 Å². The van der Waals surface area contributed by atoms with E-state index in [0.717, 1.165) is 29.4 Å². The number of benzene rings is 1. The summed E-state index contributed by atoms with van der Waals surface area (Å²) in [6.45, 7) is 2.55. The minimum Gasteiger partial charge on any atom is -0.370 e. The molecule has 3 rings (SSSR count). The molecule has 1 aliphatic carbocycles. The van der Waals surface area contributed by atoms with E-state index in [1.54, 1.807) is 23.9 Å². The molecule has 1 heterocycles. The smallest absolute Gasteiger partial charge is 0.219 e. The fraction of sp³-hybridized carbons (Fsp3) is 0.438. The molecule has 1 fully saturated rings. The number of amides is 1. The molecule has 1 atom stereocenters. The van der Waals surface area contributed by atoms with Gasteiger partial charge in [-0.15, -0.1) is 10.2 Å². The highest BCUT2D eigenvalue weighted by molar-refractivity contribution is 7.99. The average molecular weight is 334 g/mol. The van der Waals surface area contributed by atoms with E-state index < -0.39 is 0 Å². The molecule has 2 aromatic rings. The first-order valence-electron chi connectivity index (χ1n) is 7.68. The molecule has 1 unspecified atom stereocenters. The van der Waals surface area contributed by atoms with Crippen molar-refractivity contribution in [3.05, 3.63) is 41.5 Å². The van der Waals surface area contributed by atoms with Gasteiger partial charge in [-0.3, -0.25) is 4.79 Å². The van der Waals surface area contributed by atoms with Gasteiger partial charge in [-0.25, -0.2) is 4.39 Å². The SMILES string of the molecule is CC(Sc1nnc(C2CC2)n1CCC(N)=O)c1ccc(F)cc1. The van der Waals surface area contributed by atoms with Gasteiger partial charge in [0.25, 0.3) is 0 Å². The van der Waals surface area contributed by atoms with Crippen molar-refractivity contribution < 1.29 is 9.18 Å². The Morgan fingerprint density at radius 1 is 1.39 bits per heavy atom. The van der Waals surface area contributed by atoms with E-state index in [9.17, 15) is 9.18 Å². The highest BCUT2D eigenvalue weighted by Gasteiger charge is 2.30. The third-order valence-corrected chi connectivity index (χ3v) is 5.03. The Kier molecular flexibility index (Phi) is 4.66. The van der Waals surface area contributed by atoms with Crippen LogP contribution in [0.1, 0.15) is 48.7 Å². The maximum Gasteiger partial charge on any atom is 0.219 e. The van der Waals surface area contributed by atoms with Gasteiger partial charge >= 0.3 is 0 Å². The molecular weight excluding hydrogens is 315 g/mol.